The van der Waals surface area contributed by atoms with Gasteiger partial charge in [-0.15, -0.1) is 0 Å². The topological polar surface area (TPSA) is 70.9 Å². The number of halogens is 3. The molecule has 0 aliphatic rings. The summed E-state index contributed by atoms with van der Waals surface area (Å²) in [5.74, 6) is -4.10. The van der Waals surface area contributed by atoms with Gasteiger partial charge in [0.2, 0.25) is 0 Å². The molecule has 2 N–H and O–H groups in total. The fourth-order valence-electron chi connectivity index (χ4n) is 3.94. The van der Waals surface area contributed by atoms with Gasteiger partial charge in [0.1, 0.15) is 17.5 Å². The molecular formula is C22H20F3N3O2. The summed E-state index contributed by atoms with van der Waals surface area (Å²) in [7, 11) is 0. The maximum Gasteiger partial charge on any atom is 0.309 e. The Bertz CT molecular complexity index is 1260. The Morgan fingerprint density at radius 1 is 1.17 bits per heavy atom. The maximum absolute atomic E-state index is 15.6. The van der Waals surface area contributed by atoms with Crippen LogP contribution in [-0.4, -0.2) is 25.8 Å². The highest BCUT2D eigenvalue weighted by Gasteiger charge is 2.34. The summed E-state index contributed by atoms with van der Waals surface area (Å²) in [4.78, 5) is 11.5. The van der Waals surface area contributed by atoms with Gasteiger partial charge in [0.15, 0.2) is 5.82 Å². The number of nitrogens with one attached hydrogen (secondary N) is 1. The monoisotopic (exact) mass is 415 g/mol. The summed E-state index contributed by atoms with van der Waals surface area (Å²) < 4.78 is 46.3. The summed E-state index contributed by atoms with van der Waals surface area (Å²) in [5.41, 5.74) is 1.44. The number of carboxylic acid groups (broad SMARTS) is 1. The van der Waals surface area contributed by atoms with Crippen LogP contribution in [0.1, 0.15) is 44.1 Å². The Labute approximate surface area is 170 Å². The van der Waals surface area contributed by atoms with E-state index in [9.17, 15) is 14.3 Å². The lowest BCUT2D eigenvalue weighted by atomic mass is 9.92. The average molecular weight is 415 g/mol. The van der Waals surface area contributed by atoms with Gasteiger partial charge in [0, 0.05) is 27.7 Å². The van der Waals surface area contributed by atoms with Gasteiger partial charge >= 0.3 is 5.97 Å². The Balaban J connectivity index is 2.19. The first kappa shape index (κ1) is 20.0. The molecule has 0 fully saturated rings. The first-order valence-corrected chi connectivity index (χ1v) is 9.55. The van der Waals surface area contributed by atoms with Crippen LogP contribution in [-0.2, 0) is 4.79 Å². The van der Waals surface area contributed by atoms with Gasteiger partial charge in [0.25, 0.3) is 0 Å². The summed E-state index contributed by atoms with van der Waals surface area (Å²) >= 11 is 0. The second-order valence-corrected chi connectivity index (χ2v) is 7.71. The fraction of sp³-hybridized carbons (Fsp3) is 0.273. The van der Waals surface area contributed by atoms with Crippen molar-refractivity contribution in [2.75, 3.05) is 0 Å². The molecule has 2 heterocycles. The van der Waals surface area contributed by atoms with Crippen molar-refractivity contribution in [3.63, 3.8) is 0 Å². The number of benzene rings is 2. The molecule has 0 radical (unpaired) electrons. The number of carbonyl (C=O) groups is 1. The summed E-state index contributed by atoms with van der Waals surface area (Å²) in [6.07, 6.45) is -0.486. The van der Waals surface area contributed by atoms with E-state index in [1.165, 1.54) is 37.4 Å². The Hall–Kier alpha value is -3.29. The molecule has 156 valence electrons. The Morgan fingerprint density at radius 3 is 2.43 bits per heavy atom. The largest absolute Gasteiger partial charge is 0.481 e. The minimum Gasteiger partial charge on any atom is -0.481 e. The molecule has 0 amide bonds. The molecule has 1 unspecified atom stereocenters. The molecule has 2 aromatic carbocycles. The number of hydrogen-bond acceptors (Lipinski definition) is 2. The van der Waals surface area contributed by atoms with Gasteiger partial charge < -0.3 is 9.67 Å². The van der Waals surface area contributed by atoms with Gasteiger partial charge in [-0.2, -0.15) is 5.10 Å². The second kappa shape index (κ2) is 7.19. The highest BCUT2D eigenvalue weighted by atomic mass is 19.1. The number of nitrogens with zero attached hydrogens (tertiary/aromatic N) is 2. The minimum absolute atomic E-state index is 0.000347. The van der Waals surface area contributed by atoms with E-state index in [4.69, 9.17) is 0 Å². The number of aromatic amines is 1. The molecule has 30 heavy (non-hydrogen) atoms. The zero-order valence-electron chi connectivity index (χ0n) is 16.6. The molecule has 0 bridgehead atoms. The predicted octanol–water partition coefficient (Wildman–Crippen LogP) is 5.64. The molecule has 0 aliphatic carbocycles. The number of H-pyrrole nitrogens is 1. The third-order valence-corrected chi connectivity index (χ3v) is 5.42. The minimum atomic E-state index is -1.95. The van der Waals surface area contributed by atoms with E-state index >= 15 is 8.78 Å². The van der Waals surface area contributed by atoms with Gasteiger partial charge in [-0.3, -0.25) is 9.89 Å². The third-order valence-electron chi connectivity index (χ3n) is 5.42. The van der Waals surface area contributed by atoms with Crippen LogP contribution in [0.4, 0.5) is 13.2 Å². The Kier molecular flexibility index (Phi) is 4.80. The lowest BCUT2D eigenvalue weighted by molar-refractivity contribution is -0.143. The average Bonchev–Trinajstić information content (AvgIpc) is 3.30. The number of fused-ring (bicyclic) bond motifs is 2. The van der Waals surface area contributed by atoms with E-state index in [0.717, 1.165) is 0 Å². The predicted molar refractivity (Wildman–Crippen MR) is 108 cm³/mol. The highest BCUT2D eigenvalue weighted by Crippen LogP contribution is 2.44. The molecule has 4 rings (SSSR count). The second-order valence-electron chi connectivity index (χ2n) is 7.71. The van der Waals surface area contributed by atoms with Crippen molar-refractivity contribution >= 4 is 27.8 Å². The first-order chi connectivity index (χ1) is 14.2. The zero-order valence-corrected chi connectivity index (χ0v) is 16.6. The molecule has 0 saturated carbocycles. The van der Waals surface area contributed by atoms with Crippen LogP contribution in [0.3, 0.4) is 0 Å². The lowest BCUT2D eigenvalue weighted by Crippen LogP contribution is -2.17. The third kappa shape index (κ3) is 2.94. The van der Waals surface area contributed by atoms with Crippen LogP contribution in [0, 0.1) is 17.6 Å². The van der Waals surface area contributed by atoms with Crippen molar-refractivity contribution in [2.45, 2.75) is 32.9 Å². The van der Waals surface area contributed by atoms with E-state index in [-0.39, 0.29) is 22.4 Å². The number of rotatable bonds is 5. The molecule has 4 aromatic rings. The molecule has 0 saturated heterocycles. The van der Waals surface area contributed by atoms with Crippen LogP contribution >= 0.6 is 0 Å². The molecular weight excluding hydrogens is 395 g/mol. The van der Waals surface area contributed by atoms with Gasteiger partial charge in [-0.1, -0.05) is 13.8 Å². The van der Waals surface area contributed by atoms with E-state index in [2.05, 4.69) is 10.2 Å². The van der Waals surface area contributed by atoms with Crippen molar-refractivity contribution in [2.24, 2.45) is 5.92 Å². The van der Waals surface area contributed by atoms with Crippen LogP contribution in [0.25, 0.3) is 27.5 Å². The van der Waals surface area contributed by atoms with Crippen molar-refractivity contribution in [3.05, 3.63) is 59.4 Å². The van der Waals surface area contributed by atoms with E-state index < -0.39 is 29.7 Å². The van der Waals surface area contributed by atoms with Crippen LogP contribution in [0.15, 0.2) is 36.5 Å². The lowest BCUT2D eigenvalue weighted by Gasteiger charge is -2.19. The number of carboxylic acids is 1. The van der Waals surface area contributed by atoms with Crippen molar-refractivity contribution in [3.8, 4) is 5.69 Å². The van der Waals surface area contributed by atoms with Gasteiger partial charge in [0.05, 0.1) is 17.6 Å². The highest BCUT2D eigenvalue weighted by molar-refractivity contribution is 6.00. The normalized spacial score (nSPS) is 14.0. The molecule has 5 nitrogen and oxygen atoms in total. The quantitative estimate of drug-likeness (QED) is 0.443. The summed E-state index contributed by atoms with van der Waals surface area (Å²) in [6.45, 7) is 4.90. The van der Waals surface area contributed by atoms with Crippen molar-refractivity contribution in [1.29, 1.82) is 0 Å². The van der Waals surface area contributed by atoms with Gasteiger partial charge in [-0.05, 0) is 43.2 Å². The van der Waals surface area contributed by atoms with Crippen LogP contribution in [0.2, 0.25) is 0 Å². The van der Waals surface area contributed by atoms with Crippen LogP contribution < -0.4 is 0 Å². The summed E-state index contributed by atoms with van der Waals surface area (Å²) in [5, 5.41) is 16.3. The molecule has 0 spiro atoms. The molecule has 2 atom stereocenters. The smallest absolute Gasteiger partial charge is 0.309 e. The molecule has 8 heteroatoms. The number of aliphatic carboxylic acids is 1. The number of alkyl halides is 1. The SMILES string of the molecule is CC(C)c1c([C@@H](F)C(C)C(=O)O)c2c(F)c3[nH]ncc3cc2n1-c1ccc(F)cc1. The zero-order chi connectivity index (χ0) is 21.7. The van der Waals surface area contributed by atoms with E-state index in [1.807, 2.05) is 13.8 Å². The van der Waals surface area contributed by atoms with E-state index in [1.54, 1.807) is 10.6 Å². The Morgan fingerprint density at radius 2 is 1.83 bits per heavy atom. The van der Waals surface area contributed by atoms with E-state index in [0.29, 0.717) is 22.3 Å². The maximum atomic E-state index is 15.6. The number of aromatic nitrogens is 3. The molecule has 0 aliphatic heterocycles. The number of hydrogen-bond donors (Lipinski definition) is 2. The van der Waals surface area contributed by atoms with Gasteiger partial charge in [-0.25, -0.2) is 13.2 Å². The standard InChI is InChI=1S/C22H20F3N3O2/c1-10(2)21-17(18(24)11(3)22(29)30)16-15(8-12-9-26-27-20(12)19(16)25)28(21)14-6-4-13(23)5-7-14/h4-11,18H,1-3H3,(H,26,27)(H,29,30)/t11?,18-/m0/s1. The molecule has 2 aromatic heterocycles. The fourth-order valence-corrected chi connectivity index (χ4v) is 3.94. The van der Waals surface area contributed by atoms with Crippen LogP contribution in [0.5, 0.6) is 0 Å². The summed E-state index contributed by atoms with van der Waals surface area (Å²) in [6, 6.07) is 7.26. The van der Waals surface area contributed by atoms with Crippen molar-refractivity contribution < 1.29 is 23.1 Å². The first-order valence-electron chi connectivity index (χ1n) is 9.55. The van der Waals surface area contributed by atoms with Crippen molar-refractivity contribution in [1.82, 2.24) is 14.8 Å².